The van der Waals surface area contributed by atoms with Crippen molar-refractivity contribution in [1.29, 1.82) is 0 Å². The minimum Gasteiger partial charge on any atom is -0.390 e. The summed E-state index contributed by atoms with van der Waals surface area (Å²) < 4.78 is 5.28. The first kappa shape index (κ1) is 9.36. The van der Waals surface area contributed by atoms with Crippen molar-refractivity contribution in [3.05, 3.63) is 0 Å². The zero-order valence-corrected chi connectivity index (χ0v) is 7.29. The topological polar surface area (TPSA) is 90.2 Å². The second kappa shape index (κ2) is 2.65. The highest BCUT2D eigenvalue weighted by atomic mass is 16.6. The van der Waals surface area contributed by atoms with E-state index in [2.05, 4.69) is 0 Å². The molecule has 0 bridgehead atoms. The Morgan fingerprint density at radius 2 is 1.69 bits per heavy atom. The lowest BCUT2D eigenvalue weighted by Crippen LogP contribution is -2.59. The summed E-state index contributed by atoms with van der Waals surface area (Å²) >= 11 is 0. The van der Waals surface area contributed by atoms with Gasteiger partial charge >= 0.3 is 0 Å². The van der Waals surface area contributed by atoms with Crippen LogP contribution in [-0.4, -0.2) is 56.5 Å². The zero-order chi connectivity index (χ0) is 9.80. The molecule has 5 heteroatoms. The van der Waals surface area contributed by atoms with Gasteiger partial charge in [0.15, 0.2) is 0 Å². The second-order valence-electron chi connectivity index (χ2n) is 3.92. The molecule has 6 atom stereocenters. The lowest BCUT2D eigenvalue weighted by molar-refractivity contribution is -0.236. The normalized spacial score (nSPS) is 61.2. The molecule has 0 aromatic rings. The third kappa shape index (κ3) is 1.12. The largest absolute Gasteiger partial charge is 0.390 e. The molecular formula is C8H14O5. The van der Waals surface area contributed by atoms with Crippen molar-refractivity contribution < 1.29 is 25.2 Å². The van der Waals surface area contributed by atoms with Gasteiger partial charge in [0.1, 0.15) is 23.9 Å². The van der Waals surface area contributed by atoms with Crippen LogP contribution in [0.1, 0.15) is 13.3 Å². The summed E-state index contributed by atoms with van der Waals surface area (Å²) in [5, 5.41) is 37.6. The van der Waals surface area contributed by atoms with E-state index >= 15 is 0 Å². The Labute approximate surface area is 75.6 Å². The van der Waals surface area contributed by atoms with Gasteiger partial charge in [-0.05, 0) is 6.92 Å². The molecule has 1 aliphatic carbocycles. The van der Waals surface area contributed by atoms with Crippen LogP contribution in [0, 0.1) is 0 Å². The van der Waals surface area contributed by atoms with Crippen LogP contribution in [0.4, 0.5) is 0 Å². The predicted molar refractivity (Wildman–Crippen MR) is 41.9 cm³/mol. The van der Waals surface area contributed by atoms with E-state index in [-0.39, 0.29) is 0 Å². The Bertz CT molecular complexity index is 221. The van der Waals surface area contributed by atoms with Crippen molar-refractivity contribution in [1.82, 2.24) is 0 Å². The summed E-state index contributed by atoms with van der Waals surface area (Å²) in [5.41, 5.74) is -1.03. The molecule has 4 N–H and O–H groups in total. The quantitative estimate of drug-likeness (QED) is 0.354. The number of hydrogen-bond donors (Lipinski definition) is 4. The smallest absolute Gasteiger partial charge is 0.125 e. The summed E-state index contributed by atoms with van der Waals surface area (Å²) in [5.74, 6) is 0. The van der Waals surface area contributed by atoms with Gasteiger partial charge in [0.2, 0.25) is 0 Å². The second-order valence-corrected chi connectivity index (χ2v) is 3.92. The monoisotopic (exact) mass is 190 g/mol. The molecule has 1 saturated carbocycles. The molecule has 5 nitrogen and oxygen atoms in total. The van der Waals surface area contributed by atoms with Gasteiger partial charge in [-0.15, -0.1) is 0 Å². The molecule has 0 amide bonds. The zero-order valence-electron chi connectivity index (χ0n) is 7.29. The first-order chi connectivity index (χ1) is 5.99. The highest BCUT2D eigenvalue weighted by Crippen LogP contribution is 2.48. The van der Waals surface area contributed by atoms with Crippen molar-refractivity contribution in [3.63, 3.8) is 0 Å². The number of hydrogen-bond acceptors (Lipinski definition) is 5. The van der Waals surface area contributed by atoms with Crippen molar-refractivity contribution in [2.24, 2.45) is 0 Å². The number of rotatable bonds is 0. The Morgan fingerprint density at radius 3 is 2.15 bits per heavy atom. The van der Waals surface area contributed by atoms with Gasteiger partial charge < -0.3 is 25.2 Å². The lowest BCUT2D eigenvalue weighted by atomic mass is 9.94. The van der Waals surface area contributed by atoms with Gasteiger partial charge in [-0.1, -0.05) is 0 Å². The van der Waals surface area contributed by atoms with Crippen LogP contribution in [0.15, 0.2) is 0 Å². The lowest BCUT2D eigenvalue weighted by Gasteiger charge is -2.40. The maximum atomic E-state index is 9.53. The van der Waals surface area contributed by atoms with Crippen LogP contribution in [0.25, 0.3) is 0 Å². The standard InChI is InChI=1S/C8H14O5/c1-3-5(10)6(11)7(12)8(13-3)2-4(8)9/h3-7,9-12H,2H2,1H3/t3-,4?,5-,6+,7+,8?/m0/s1. The van der Waals surface area contributed by atoms with Gasteiger partial charge in [-0.25, -0.2) is 0 Å². The summed E-state index contributed by atoms with van der Waals surface area (Å²) in [6.45, 7) is 1.60. The van der Waals surface area contributed by atoms with Crippen LogP contribution >= 0.6 is 0 Å². The molecule has 0 aromatic carbocycles. The highest BCUT2D eigenvalue weighted by molar-refractivity contribution is 5.16. The van der Waals surface area contributed by atoms with Crippen LogP contribution in [0.2, 0.25) is 0 Å². The molecule has 2 rings (SSSR count). The molecule has 76 valence electrons. The molecule has 13 heavy (non-hydrogen) atoms. The summed E-state index contributed by atoms with van der Waals surface area (Å²) in [6, 6.07) is 0. The van der Waals surface area contributed by atoms with Crippen LogP contribution in [0.3, 0.4) is 0 Å². The minimum atomic E-state index is -1.24. The number of aliphatic hydroxyl groups is 4. The van der Waals surface area contributed by atoms with Crippen molar-refractivity contribution in [2.45, 2.75) is 49.5 Å². The maximum Gasteiger partial charge on any atom is 0.125 e. The summed E-state index contributed by atoms with van der Waals surface area (Å²) in [4.78, 5) is 0. The highest BCUT2D eigenvalue weighted by Gasteiger charge is 2.66. The van der Waals surface area contributed by atoms with Crippen LogP contribution in [-0.2, 0) is 4.74 Å². The van der Waals surface area contributed by atoms with E-state index in [1.165, 1.54) is 0 Å². The fraction of sp³-hybridized carbons (Fsp3) is 1.00. The molecule has 1 heterocycles. The SMILES string of the molecule is C[C@@H]1OC2(CC2O)[C@H](O)[C@H](O)[C@H]1O. The van der Waals surface area contributed by atoms with Crippen molar-refractivity contribution in [3.8, 4) is 0 Å². The van der Waals surface area contributed by atoms with E-state index < -0.39 is 36.1 Å². The fourth-order valence-corrected chi connectivity index (χ4v) is 1.93. The third-order valence-corrected chi connectivity index (χ3v) is 2.98. The van der Waals surface area contributed by atoms with E-state index in [1.54, 1.807) is 6.92 Å². The Kier molecular flexibility index (Phi) is 1.91. The predicted octanol–water partition coefficient (Wildman–Crippen LogP) is -2.01. The first-order valence-electron chi connectivity index (χ1n) is 4.39. The van der Waals surface area contributed by atoms with Crippen LogP contribution in [0.5, 0.6) is 0 Å². The Hall–Kier alpha value is -0.200. The molecule has 2 aliphatic rings. The molecule has 2 unspecified atom stereocenters. The third-order valence-electron chi connectivity index (χ3n) is 2.98. The number of aliphatic hydroxyl groups excluding tert-OH is 4. The molecule has 1 spiro atoms. The molecule has 2 fully saturated rings. The van der Waals surface area contributed by atoms with Gasteiger partial charge in [-0.3, -0.25) is 0 Å². The summed E-state index contributed by atoms with van der Waals surface area (Å²) in [6.07, 6.45) is -4.49. The van der Waals surface area contributed by atoms with Crippen molar-refractivity contribution in [2.75, 3.05) is 0 Å². The van der Waals surface area contributed by atoms with E-state index in [9.17, 15) is 20.4 Å². The summed E-state index contributed by atoms with van der Waals surface area (Å²) in [7, 11) is 0. The molecule has 1 saturated heterocycles. The number of ether oxygens (including phenoxy) is 1. The van der Waals surface area contributed by atoms with Gasteiger partial charge in [0.05, 0.1) is 12.2 Å². The average molecular weight is 190 g/mol. The molecule has 0 radical (unpaired) electrons. The molecule has 1 aliphatic heterocycles. The van der Waals surface area contributed by atoms with E-state index in [1.807, 2.05) is 0 Å². The first-order valence-corrected chi connectivity index (χ1v) is 4.39. The maximum absolute atomic E-state index is 9.53. The fourth-order valence-electron chi connectivity index (χ4n) is 1.93. The van der Waals surface area contributed by atoms with Gasteiger partial charge in [0.25, 0.3) is 0 Å². The Balaban J connectivity index is 2.17. The Morgan fingerprint density at radius 1 is 1.15 bits per heavy atom. The van der Waals surface area contributed by atoms with E-state index in [0.29, 0.717) is 6.42 Å². The average Bonchev–Trinajstić information content (AvgIpc) is 2.71. The van der Waals surface area contributed by atoms with E-state index in [0.717, 1.165) is 0 Å². The van der Waals surface area contributed by atoms with E-state index in [4.69, 9.17) is 4.74 Å². The minimum absolute atomic E-state index is 0.322. The van der Waals surface area contributed by atoms with Crippen molar-refractivity contribution >= 4 is 0 Å². The molecule has 0 aromatic heterocycles. The van der Waals surface area contributed by atoms with Crippen LogP contribution < -0.4 is 0 Å². The van der Waals surface area contributed by atoms with Gasteiger partial charge in [-0.2, -0.15) is 0 Å². The molecular weight excluding hydrogens is 176 g/mol. The van der Waals surface area contributed by atoms with Gasteiger partial charge in [0, 0.05) is 6.42 Å².